The molecule has 80 valence electrons. The van der Waals surface area contributed by atoms with E-state index in [0.29, 0.717) is 0 Å². The van der Waals surface area contributed by atoms with E-state index >= 15 is 0 Å². The average molecular weight is 225 g/mol. The van der Waals surface area contributed by atoms with Gasteiger partial charge in [0.05, 0.1) is 0 Å². The van der Waals surface area contributed by atoms with Gasteiger partial charge in [0.1, 0.15) is 0 Å². The summed E-state index contributed by atoms with van der Waals surface area (Å²) in [6, 6.07) is 0. The number of alkyl halides is 4. The van der Waals surface area contributed by atoms with Crippen LogP contribution in [-0.4, -0.2) is 12.9 Å². The normalized spacial score (nSPS) is 7.15. The molecular formula is C7H10ClF5. The fourth-order valence-electron chi connectivity index (χ4n) is 0. The molecule has 0 saturated heterocycles. The molecule has 0 amide bonds. The number of halogens is 6. The molecule has 0 atom stereocenters. The van der Waals surface area contributed by atoms with Crippen LogP contribution >= 0.6 is 11.6 Å². The first-order valence-corrected chi connectivity index (χ1v) is 2.96. The molecule has 0 unspecified atom stereocenters. The summed E-state index contributed by atoms with van der Waals surface area (Å²) in [4.78, 5) is 0. The van der Waals surface area contributed by atoms with Crippen LogP contribution in [0.2, 0.25) is 0 Å². The average Bonchev–Trinajstić information content (AvgIpc) is 1.90. The summed E-state index contributed by atoms with van der Waals surface area (Å²) in [7, 11) is 0. The van der Waals surface area contributed by atoms with Crippen molar-refractivity contribution in [3.63, 3.8) is 0 Å². The van der Waals surface area contributed by atoms with E-state index in [0.717, 1.165) is 0 Å². The Bertz CT molecular complexity index is 123. The van der Waals surface area contributed by atoms with Crippen molar-refractivity contribution in [3.8, 4) is 0 Å². The van der Waals surface area contributed by atoms with Crippen LogP contribution in [0.3, 0.4) is 0 Å². The molecule has 0 rings (SSSR count). The summed E-state index contributed by atoms with van der Waals surface area (Å²) in [5.74, 6) is 0. The fourth-order valence-corrected chi connectivity index (χ4v) is 0. The minimum absolute atomic E-state index is 0. The van der Waals surface area contributed by atoms with Gasteiger partial charge in [-0.05, 0) is 5.54 Å². The second kappa shape index (κ2) is 17.3. The van der Waals surface area contributed by atoms with Gasteiger partial charge in [0, 0.05) is 0 Å². The third kappa shape index (κ3) is 196. The van der Waals surface area contributed by atoms with Crippen LogP contribution in [0.15, 0.2) is 31.0 Å². The van der Waals surface area contributed by atoms with Crippen LogP contribution in [0, 0.1) is 0 Å². The van der Waals surface area contributed by atoms with Crippen molar-refractivity contribution in [1.82, 2.24) is 0 Å². The Morgan fingerprint density at radius 2 is 1.38 bits per heavy atom. The summed E-state index contributed by atoms with van der Waals surface area (Å²) in [6.45, 7) is 7.15. The van der Waals surface area contributed by atoms with Crippen molar-refractivity contribution >= 4 is 11.6 Å². The van der Waals surface area contributed by atoms with Crippen LogP contribution in [0.4, 0.5) is 22.3 Å². The maximum Gasteiger partial charge on any atom is 0.416 e. The quantitative estimate of drug-likeness (QED) is 0.431. The Kier molecular flexibility index (Phi) is 30.3. The molecule has 0 aliphatic carbocycles. The molecule has 0 aromatic rings. The van der Waals surface area contributed by atoms with Gasteiger partial charge in [-0.3, -0.25) is 4.70 Å². The zero-order chi connectivity index (χ0) is 10.6. The van der Waals surface area contributed by atoms with Gasteiger partial charge in [0.2, 0.25) is 0 Å². The molecule has 0 aliphatic heterocycles. The van der Waals surface area contributed by atoms with Gasteiger partial charge >= 0.3 is 6.18 Å². The fraction of sp³-hybridized carbons (Fsp3) is 0.286. The van der Waals surface area contributed by atoms with E-state index in [4.69, 9.17) is 11.6 Å². The van der Waals surface area contributed by atoms with Crippen molar-refractivity contribution in [2.75, 3.05) is 6.67 Å². The standard InChI is InChI=1S/C3H4.C2H3Cl.C2H2F4.FH/c1-3-2;1-2-3;3-1-2(4,5)6;/h1-2H2;2H,1H2;1H2;1H. The Balaban J connectivity index is -0.0000000501. The lowest BCUT2D eigenvalue weighted by Crippen LogP contribution is -2.08. The number of hydrogen-bond donors (Lipinski definition) is 0. The lowest BCUT2D eigenvalue weighted by molar-refractivity contribution is -0.142. The summed E-state index contributed by atoms with van der Waals surface area (Å²) in [6.07, 6.45) is -4.62. The van der Waals surface area contributed by atoms with Crippen LogP contribution in [0.5, 0.6) is 0 Å². The molecule has 0 nitrogen and oxygen atoms in total. The molecule has 0 spiro atoms. The Hall–Kier alpha value is -0.800. The van der Waals surface area contributed by atoms with Crippen LogP contribution in [0.1, 0.15) is 0 Å². The molecule has 0 fully saturated rings. The van der Waals surface area contributed by atoms with Gasteiger partial charge in [-0.25, -0.2) is 4.39 Å². The van der Waals surface area contributed by atoms with E-state index in [2.05, 4.69) is 25.5 Å². The summed E-state index contributed by atoms with van der Waals surface area (Å²) in [5, 5.41) is 0. The lowest BCUT2D eigenvalue weighted by Gasteiger charge is -1.93. The summed E-state index contributed by atoms with van der Waals surface area (Å²) < 4.78 is 41.6. The highest BCUT2D eigenvalue weighted by Gasteiger charge is 2.26. The molecule has 6 heteroatoms. The first kappa shape index (κ1) is 22.8. The summed E-state index contributed by atoms with van der Waals surface area (Å²) in [5.41, 5.74) is 3.47. The Labute approximate surface area is 78.6 Å². The molecule has 0 radical (unpaired) electrons. The Morgan fingerprint density at radius 3 is 1.38 bits per heavy atom. The molecule has 0 aromatic carbocycles. The van der Waals surface area contributed by atoms with Gasteiger partial charge in [0.25, 0.3) is 0 Å². The Morgan fingerprint density at radius 1 is 1.31 bits per heavy atom. The topological polar surface area (TPSA) is 0 Å². The molecule has 0 heterocycles. The van der Waals surface area contributed by atoms with Crippen molar-refractivity contribution in [1.29, 1.82) is 0 Å². The largest absolute Gasteiger partial charge is 0.416 e. The summed E-state index contributed by atoms with van der Waals surface area (Å²) >= 11 is 4.76. The second-order valence-electron chi connectivity index (χ2n) is 1.15. The maximum absolute atomic E-state index is 10.4. The third-order valence-electron chi connectivity index (χ3n) is 0.152. The molecule has 0 aliphatic rings. The van der Waals surface area contributed by atoms with Crippen LogP contribution < -0.4 is 0 Å². The molecule has 0 saturated carbocycles. The predicted molar refractivity (Wildman–Crippen MR) is 45.4 cm³/mol. The number of hydrogen-bond acceptors (Lipinski definition) is 0. The first-order valence-electron chi connectivity index (χ1n) is 2.52. The molecule has 0 bridgehead atoms. The number of rotatable bonds is 0. The lowest BCUT2D eigenvalue weighted by atomic mass is 10.8. The smallest absolute Gasteiger partial charge is 0.269 e. The molecule has 0 aromatic heterocycles. The van der Waals surface area contributed by atoms with Gasteiger partial charge in [-0.15, -0.1) is 5.73 Å². The molecule has 0 N–H and O–H groups in total. The minimum atomic E-state index is -4.62. The van der Waals surface area contributed by atoms with E-state index in [9.17, 15) is 17.6 Å². The molecular weight excluding hydrogens is 215 g/mol. The zero-order valence-corrected chi connectivity index (χ0v) is 7.46. The monoisotopic (exact) mass is 224 g/mol. The highest BCUT2D eigenvalue weighted by Crippen LogP contribution is 2.13. The SMILES string of the molecule is C=C=C.C=CCl.F.FCC(F)(F)F. The van der Waals surface area contributed by atoms with E-state index in [1.807, 2.05) is 0 Å². The zero-order valence-electron chi connectivity index (χ0n) is 6.70. The maximum atomic E-state index is 10.4. The van der Waals surface area contributed by atoms with Crippen molar-refractivity contribution in [2.24, 2.45) is 0 Å². The minimum Gasteiger partial charge on any atom is -0.269 e. The highest BCUT2D eigenvalue weighted by atomic mass is 35.5. The van der Waals surface area contributed by atoms with E-state index in [-0.39, 0.29) is 4.70 Å². The second-order valence-corrected chi connectivity index (χ2v) is 1.46. The van der Waals surface area contributed by atoms with Crippen LogP contribution in [-0.2, 0) is 0 Å². The highest BCUT2D eigenvalue weighted by molar-refractivity contribution is 6.25. The van der Waals surface area contributed by atoms with E-state index in [1.54, 1.807) is 0 Å². The third-order valence-corrected chi connectivity index (χ3v) is 0.152. The van der Waals surface area contributed by atoms with Gasteiger partial charge in [-0.1, -0.05) is 31.3 Å². The predicted octanol–water partition coefficient (Wildman–Crippen LogP) is 4.00. The van der Waals surface area contributed by atoms with Crippen molar-refractivity contribution < 1.29 is 22.3 Å². The first-order chi connectivity index (χ1) is 5.39. The van der Waals surface area contributed by atoms with E-state index < -0.39 is 12.9 Å². The van der Waals surface area contributed by atoms with Gasteiger partial charge in [-0.2, -0.15) is 13.2 Å². The van der Waals surface area contributed by atoms with Crippen molar-refractivity contribution in [3.05, 3.63) is 31.0 Å². The molecule has 13 heavy (non-hydrogen) atoms. The van der Waals surface area contributed by atoms with Crippen LogP contribution in [0.25, 0.3) is 0 Å². The van der Waals surface area contributed by atoms with Gasteiger partial charge < -0.3 is 0 Å². The van der Waals surface area contributed by atoms with E-state index in [1.165, 1.54) is 5.54 Å². The van der Waals surface area contributed by atoms with Gasteiger partial charge in [0.15, 0.2) is 6.67 Å². The van der Waals surface area contributed by atoms with Crippen molar-refractivity contribution in [2.45, 2.75) is 6.18 Å².